The molecule has 31 heavy (non-hydrogen) atoms. The standard InChI is InChI=1S/2C15H31.Cd/c2*1-3-5-7-9-11-13-15-14-12-10-8-6-4-2;/h2*3H,4-15H2,1-2H3;/q2*-1;+2. The fourth-order valence-electron chi connectivity index (χ4n) is 4.03. The summed E-state index contributed by atoms with van der Waals surface area (Å²) in [5.74, 6) is 0. The maximum absolute atomic E-state index is 2.29. The van der Waals surface area contributed by atoms with Crippen LogP contribution in [0.2, 0.25) is 0 Å². The number of hydrogen-bond acceptors (Lipinski definition) is 0. The van der Waals surface area contributed by atoms with Crippen LogP contribution in [0.4, 0.5) is 0 Å². The fraction of sp³-hybridized carbons (Fsp3) is 0.933. The average Bonchev–Trinajstić information content (AvgIpc) is 2.76. The average molecular weight is 535 g/mol. The molecule has 0 saturated carbocycles. The van der Waals surface area contributed by atoms with Gasteiger partial charge in [-0.25, -0.2) is 0 Å². The molecule has 0 aromatic rings. The van der Waals surface area contributed by atoms with Gasteiger partial charge < -0.3 is 12.8 Å². The normalized spacial score (nSPS) is 10.5. The molecule has 0 aromatic heterocycles. The minimum atomic E-state index is 0. The summed E-state index contributed by atoms with van der Waals surface area (Å²) in [4.78, 5) is 0. The number of rotatable bonds is 24. The molecule has 0 aliphatic heterocycles. The molecule has 0 unspecified atom stereocenters. The second-order valence-electron chi connectivity index (χ2n) is 9.46. The Kier molecular flexibility index (Phi) is 45.0. The Balaban J connectivity index is -0.000000490. The van der Waals surface area contributed by atoms with Gasteiger partial charge in [-0.15, -0.1) is 0 Å². The monoisotopic (exact) mass is 536 g/mol. The van der Waals surface area contributed by atoms with Gasteiger partial charge in [0.15, 0.2) is 0 Å². The first-order valence-corrected chi connectivity index (χ1v) is 14.4. The number of hydrogen-bond donors (Lipinski definition) is 0. The van der Waals surface area contributed by atoms with Gasteiger partial charge in [-0.05, 0) is 0 Å². The molecular formula is C30H62Cd. The first-order valence-electron chi connectivity index (χ1n) is 14.4. The molecule has 0 aliphatic rings. The summed E-state index contributed by atoms with van der Waals surface area (Å²) in [6, 6.07) is 0. The molecule has 0 saturated heterocycles. The summed E-state index contributed by atoms with van der Waals surface area (Å²) >= 11 is 0. The summed E-state index contributed by atoms with van der Waals surface area (Å²) < 4.78 is 0. The quantitative estimate of drug-likeness (QED) is 0.0655. The Morgan fingerprint density at radius 3 is 0.710 bits per heavy atom. The Hall–Kier alpha value is 0.922. The van der Waals surface area contributed by atoms with E-state index in [9.17, 15) is 0 Å². The molecule has 0 N–H and O–H groups in total. The van der Waals surface area contributed by atoms with E-state index in [2.05, 4.69) is 40.5 Å². The Bertz CT molecular complexity index is 201. The molecule has 0 spiro atoms. The third kappa shape index (κ3) is 41.6. The molecule has 184 valence electrons. The van der Waals surface area contributed by atoms with Gasteiger partial charge in [-0.2, -0.15) is 26.7 Å². The second-order valence-corrected chi connectivity index (χ2v) is 9.46. The SMILES string of the molecule is C[CH-]CCCCCCCCCCCCC.C[CH-]CCCCCCCCCCCCC.[Cd+2]. The van der Waals surface area contributed by atoms with Gasteiger partial charge in [-0.3, -0.25) is 0 Å². The predicted octanol–water partition coefficient (Wildman–Crippen LogP) is 11.8. The zero-order valence-corrected chi connectivity index (χ0v) is 26.9. The largest absolute Gasteiger partial charge is 2.00 e. The first kappa shape index (κ1) is 36.5. The molecule has 1 heteroatoms. The van der Waals surface area contributed by atoms with Crippen LogP contribution in [0, 0.1) is 12.8 Å². The molecule has 0 amide bonds. The van der Waals surface area contributed by atoms with Crippen molar-refractivity contribution >= 4 is 0 Å². The van der Waals surface area contributed by atoms with Crippen molar-refractivity contribution in [1.82, 2.24) is 0 Å². The van der Waals surface area contributed by atoms with Gasteiger partial charge >= 0.3 is 27.3 Å². The summed E-state index contributed by atoms with van der Waals surface area (Å²) in [5, 5.41) is 0. The fourth-order valence-corrected chi connectivity index (χ4v) is 4.03. The minimum absolute atomic E-state index is 0. The Morgan fingerprint density at radius 2 is 0.516 bits per heavy atom. The maximum Gasteiger partial charge on any atom is 2.00 e. The van der Waals surface area contributed by atoms with Crippen molar-refractivity contribution in [3.63, 3.8) is 0 Å². The van der Waals surface area contributed by atoms with Crippen molar-refractivity contribution in [2.75, 3.05) is 0 Å². The first-order chi connectivity index (χ1) is 14.8. The molecule has 0 heterocycles. The van der Waals surface area contributed by atoms with Crippen LogP contribution in [0.25, 0.3) is 0 Å². The maximum atomic E-state index is 2.29. The van der Waals surface area contributed by atoms with Crippen LogP contribution in [-0.2, 0) is 27.3 Å². The van der Waals surface area contributed by atoms with E-state index in [1.54, 1.807) is 0 Å². The molecule has 0 bridgehead atoms. The van der Waals surface area contributed by atoms with Crippen LogP contribution in [-0.4, -0.2) is 0 Å². The zero-order valence-electron chi connectivity index (χ0n) is 22.8. The van der Waals surface area contributed by atoms with Crippen LogP contribution in [0.3, 0.4) is 0 Å². The van der Waals surface area contributed by atoms with E-state index in [1.807, 2.05) is 0 Å². The van der Waals surface area contributed by atoms with Crippen molar-refractivity contribution in [2.24, 2.45) is 0 Å². The molecular weight excluding hydrogens is 473 g/mol. The Labute approximate surface area is 221 Å². The molecule has 0 nitrogen and oxygen atoms in total. The van der Waals surface area contributed by atoms with E-state index in [1.165, 1.54) is 154 Å². The molecule has 0 atom stereocenters. The zero-order chi connectivity index (χ0) is 22.4. The van der Waals surface area contributed by atoms with Gasteiger partial charge in [0.25, 0.3) is 0 Å². The minimum Gasteiger partial charge on any atom is -0.332 e. The van der Waals surface area contributed by atoms with E-state index in [4.69, 9.17) is 0 Å². The third-order valence-corrected chi connectivity index (χ3v) is 6.19. The van der Waals surface area contributed by atoms with Gasteiger partial charge in [0.1, 0.15) is 0 Å². The molecule has 0 aliphatic carbocycles. The third-order valence-electron chi connectivity index (χ3n) is 6.19. The van der Waals surface area contributed by atoms with Crippen LogP contribution in [0.15, 0.2) is 0 Å². The topological polar surface area (TPSA) is 0 Å². The van der Waals surface area contributed by atoms with Crippen LogP contribution in [0.1, 0.15) is 182 Å². The van der Waals surface area contributed by atoms with Crippen LogP contribution in [0.5, 0.6) is 0 Å². The summed E-state index contributed by atoms with van der Waals surface area (Å²) in [6.07, 6.45) is 39.1. The molecule has 0 fully saturated rings. The molecule has 0 aromatic carbocycles. The van der Waals surface area contributed by atoms with Crippen molar-refractivity contribution in [2.45, 2.75) is 182 Å². The van der Waals surface area contributed by atoms with Gasteiger partial charge in [0, 0.05) is 0 Å². The van der Waals surface area contributed by atoms with E-state index in [-0.39, 0.29) is 27.3 Å². The van der Waals surface area contributed by atoms with E-state index >= 15 is 0 Å². The van der Waals surface area contributed by atoms with Gasteiger partial charge in [-0.1, -0.05) is 155 Å². The van der Waals surface area contributed by atoms with Crippen molar-refractivity contribution in [3.05, 3.63) is 12.8 Å². The second kappa shape index (κ2) is 38.2. The van der Waals surface area contributed by atoms with E-state index < -0.39 is 0 Å². The van der Waals surface area contributed by atoms with Crippen LogP contribution < -0.4 is 0 Å². The van der Waals surface area contributed by atoms with Crippen molar-refractivity contribution in [1.29, 1.82) is 0 Å². The predicted molar refractivity (Wildman–Crippen MR) is 142 cm³/mol. The van der Waals surface area contributed by atoms with Crippen molar-refractivity contribution < 1.29 is 27.3 Å². The molecule has 0 rings (SSSR count). The van der Waals surface area contributed by atoms with E-state index in [0.717, 1.165) is 0 Å². The molecule has 0 radical (unpaired) electrons. The Morgan fingerprint density at radius 1 is 0.323 bits per heavy atom. The van der Waals surface area contributed by atoms with Gasteiger partial charge in [0.2, 0.25) is 0 Å². The van der Waals surface area contributed by atoms with Gasteiger partial charge in [0.05, 0.1) is 0 Å². The van der Waals surface area contributed by atoms with Crippen molar-refractivity contribution in [3.8, 4) is 0 Å². The van der Waals surface area contributed by atoms with Crippen LogP contribution >= 0.6 is 0 Å². The van der Waals surface area contributed by atoms with E-state index in [0.29, 0.717) is 0 Å². The number of unbranched alkanes of at least 4 members (excludes halogenated alkanes) is 24. The summed E-state index contributed by atoms with van der Waals surface area (Å²) in [6.45, 7) is 8.90. The summed E-state index contributed by atoms with van der Waals surface area (Å²) in [5.41, 5.74) is 0. The smallest absolute Gasteiger partial charge is 0.332 e. The summed E-state index contributed by atoms with van der Waals surface area (Å²) in [7, 11) is 0.